The molecule has 0 saturated carbocycles. The van der Waals surface area contributed by atoms with E-state index in [1.807, 2.05) is 6.07 Å². The van der Waals surface area contributed by atoms with Crippen molar-refractivity contribution in [1.29, 1.82) is 0 Å². The van der Waals surface area contributed by atoms with Gasteiger partial charge in [0.15, 0.2) is 0 Å². The third kappa shape index (κ3) is 4.27. The van der Waals surface area contributed by atoms with Gasteiger partial charge in [0, 0.05) is 6.42 Å². The summed E-state index contributed by atoms with van der Waals surface area (Å²) in [5.41, 5.74) is 0.602. The van der Waals surface area contributed by atoms with Crippen LogP contribution in [0, 0.1) is 11.8 Å². The number of rotatable bonds is 3. The van der Waals surface area contributed by atoms with Gasteiger partial charge in [-0.1, -0.05) is 12.0 Å². The van der Waals surface area contributed by atoms with Crippen molar-refractivity contribution in [2.75, 3.05) is 17.7 Å². The molecule has 5 heteroatoms. The second-order valence-corrected chi connectivity index (χ2v) is 5.48. The first-order valence-electron chi connectivity index (χ1n) is 6.29. The zero-order chi connectivity index (χ0) is 13.5. The predicted molar refractivity (Wildman–Crippen MR) is 76.9 cm³/mol. The maximum atomic E-state index is 11.9. The van der Waals surface area contributed by atoms with Crippen molar-refractivity contribution in [3.63, 3.8) is 0 Å². The van der Waals surface area contributed by atoms with Gasteiger partial charge >= 0.3 is 0 Å². The number of nitrogens with zero attached hydrogens (tertiary/aromatic N) is 1. The fraction of sp³-hybridized carbons (Fsp3) is 0.429. The number of carbonyl (C=O) groups excluding carboxylic acids is 1. The molecule has 1 amide bonds. The quantitative estimate of drug-likeness (QED) is 0.824. The van der Waals surface area contributed by atoms with Crippen molar-refractivity contribution in [3.05, 3.63) is 23.9 Å². The maximum Gasteiger partial charge on any atom is 0.238 e. The molecule has 1 aromatic heterocycles. The normalized spacial score (nSPS) is 17.6. The number of amides is 1. The molecule has 0 spiro atoms. The van der Waals surface area contributed by atoms with Crippen LogP contribution in [-0.4, -0.2) is 33.6 Å². The van der Waals surface area contributed by atoms with E-state index in [0.29, 0.717) is 17.9 Å². The van der Waals surface area contributed by atoms with Crippen LogP contribution in [0.4, 0.5) is 5.82 Å². The van der Waals surface area contributed by atoms with Gasteiger partial charge in [-0.05, 0) is 36.6 Å². The average Bonchev–Trinajstić information content (AvgIpc) is 2.93. The van der Waals surface area contributed by atoms with Gasteiger partial charge in [0.2, 0.25) is 5.91 Å². The minimum Gasteiger partial charge on any atom is -0.395 e. The molecule has 4 nitrogen and oxygen atoms in total. The summed E-state index contributed by atoms with van der Waals surface area (Å²) in [6.07, 6.45) is 2.46. The molecule has 1 unspecified atom stereocenters. The minimum absolute atomic E-state index is 0.0236. The molecule has 100 valence electrons. The fourth-order valence-corrected chi connectivity index (χ4v) is 2.94. The highest BCUT2D eigenvalue weighted by Gasteiger charge is 2.23. The highest BCUT2D eigenvalue weighted by molar-refractivity contribution is 8.00. The van der Waals surface area contributed by atoms with Crippen LogP contribution in [0.5, 0.6) is 0 Å². The molecule has 1 aliphatic heterocycles. The van der Waals surface area contributed by atoms with Crippen LogP contribution in [0.25, 0.3) is 0 Å². The molecule has 1 fully saturated rings. The molecule has 1 saturated heterocycles. The van der Waals surface area contributed by atoms with E-state index in [4.69, 9.17) is 5.11 Å². The summed E-state index contributed by atoms with van der Waals surface area (Å²) < 4.78 is 0. The Morgan fingerprint density at radius 3 is 3.21 bits per heavy atom. The second kappa shape index (κ2) is 7.17. The molecule has 0 bridgehead atoms. The summed E-state index contributed by atoms with van der Waals surface area (Å²) in [6.45, 7) is 0.0440. The Hall–Kier alpha value is -1.51. The van der Waals surface area contributed by atoms with Crippen LogP contribution in [0.3, 0.4) is 0 Å². The van der Waals surface area contributed by atoms with Crippen LogP contribution in [-0.2, 0) is 4.79 Å². The van der Waals surface area contributed by atoms with Crippen LogP contribution >= 0.6 is 11.8 Å². The Morgan fingerprint density at radius 1 is 1.58 bits per heavy atom. The number of hydrogen-bond donors (Lipinski definition) is 2. The van der Waals surface area contributed by atoms with E-state index >= 15 is 0 Å². The summed E-state index contributed by atoms with van der Waals surface area (Å²) in [6, 6.07) is 5.35. The Labute approximate surface area is 117 Å². The molecule has 1 atom stereocenters. The monoisotopic (exact) mass is 276 g/mol. The molecule has 2 heterocycles. The SMILES string of the molecule is O=C(Nc1cccc(C#CCCO)n1)C1CCCS1. The van der Waals surface area contributed by atoms with E-state index < -0.39 is 0 Å². The Bertz CT molecular complexity index is 502. The topological polar surface area (TPSA) is 62.2 Å². The van der Waals surface area contributed by atoms with Gasteiger partial charge in [-0.15, -0.1) is 11.8 Å². The number of nitrogens with one attached hydrogen (secondary N) is 1. The summed E-state index contributed by atoms with van der Waals surface area (Å²) in [5, 5.41) is 11.5. The lowest BCUT2D eigenvalue weighted by molar-refractivity contribution is -0.115. The molecule has 0 aliphatic carbocycles. The lowest BCUT2D eigenvalue weighted by Crippen LogP contribution is -2.23. The Morgan fingerprint density at radius 2 is 2.47 bits per heavy atom. The van der Waals surface area contributed by atoms with Gasteiger partial charge in [0.1, 0.15) is 11.5 Å². The summed E-state index contributed by atoms with van der Waals surface area (Å²) in [5.74, 6) is 7.27. The molecule has 0 radical (unpaired) electrons. The van der Waals surface area contributed by atoms with Crippen molar-refractivity contribution in [3.8, 4) is 11.8 Å². The molecule has 2 rings (SSSR count). The first-order valence-corrected chi connectivity index (χ1v) is 7.34. The number of pyridine rings is 1. The summed E-state index contributed by atoms with van der Waals surface area (Å²) in [4.78, 5) is 16.2. The molecule has 1 aliphatic rings. The van der Waals surface area contributed by atoms with Crippen LogP contribution in [0.2, 0.25) is 0 Å². The molecule has 1 aromatic rings. The van der Waals surface area contributed by atoms with Gasteiger partial charge in [0.05, 0.1) is 11.9 Å². The van der Waals surface area contributed by atoms with Crippen LogP contribution in [0.15, 0.2) is 18.2 Å². The Balaban J connectivity index is 1.98. The van der Waals surface area contributed by atoms with Gasteiger partial charge in [0.25, 0.3) is 0 Å². The van der Waals surface area contributed by atoms with Crippen molar-refractivity contribution in [1.82, 2.24) is 4.98 Å². The first kappa shape index (κ1) is 13.9. The van der Waals surface area contributed by atoms with Gasteiger partial charge in [-0.3, -0.25) is 4.79 Å². The van der Waals surface area contributed by atoms with Crippen molar-refractivity contribution in [2.24, 2.45) is 0 Å². The number of carbonyl (C=O) groups is 1. The lowest BCUT2D eigenvalue weighted by atomic mass is 10.2. The minimum atomic E-state index is 0.0236. The van der Waals surface area contributed by atoms with Crippen molar-refractivity contribution >= 4 is 23.5 Å². The highest BCUT2D eigenvalue weighted by atomic mass is 32.2. The Kier molecular flexibility index (Phi) is 5.25. The van der Waals surface area contributed by atoms with Gasteiger partial charge < -0.3 is 10.4 Å². The fourth-order valence-electron chi connectivity index (χ4n) is 1.77. The number of aromatic nitrogens is 1. The molecule has 0 aromatic carbocycles. The largest absolute Gasteiger partial charge is 0.395 e. The third-order valence-electron chi connectivity index (χ3n) is 2.68. The number of aliphatic hydroxyl groups is 1. The predicted octanol–water partition coefficient (Wildman–Crippen LogP) is 1.65. The van der Waals surface area contributed by atoms with Crippen LogP contribution in [0.1, 0.15) is 25.0 Å². The van der Waals surface area contributed by atoms with Crippen LogP contribution < -0.4 is 5.32 Å². The number of thioether (sulfide) groups is 1. The highest BCUT2D eigenvalue weighted by Crippen LogP contribution is 2.26. The molecule has 19 heavy (non-hydrogen) atoms. The number of aliphatic hydroxyl groups excluding tert-OH is 1. The smallest absolute Gasteiger partial charge is 0.238 e. The van der Waals surface area contributed by atoms with Gasteiger partial charge in [-0.25, -0.2) is 4.98 Å². The second-order valence-electron chi connectivity index (χ2n) is 4.17. The molecular formula is C14H16N2O2S. The zero-order valence-electron chi connectivity index (χ0n) is 10.6. The van der Waals surface area contributed by atoms with Gasteiger partial charge in [-0.2, -0.15) is 0 Å². The van der Waals surface area contributed by atoms with E-state index in [-0.39, 0.29) is 17.8 Å². The first-order chi connectivity index (χ1) is 9.29. The summed E-state index contributed by atoms with van der Waals surface area (Å²) in [7, 11) is 0. The third-order valence-corrected chi connectivity index (χ3v) is 4.05. The molecule has 2 N–H and O–H groups in total. The lowest BCUT2D eigenvalue weighted by Gasteiger charge is -2.09. The summed E-state index contributed by atoms with van der Waals surface area (Å²) >= 11 is 1.70. The van der Waals surface area contributed by atoms with E-state index in [1.165, 1.54) is 0 Å². The van der Waals surface area contributed by atoms with E-state index in [0.717, 1.165) is 18.6 Å². The number of hydrogen-bond acceptors (Lipinski definition) is 4. The maximum absolute atomic E-state index is 11.9. The molecular weight excluding hydrogens is 260 g/mol. The van der Waals surface area contributed by atoms with E-state index in [1.54, 1.807) is 23.9 Å². The van der Waals surface area contributed by atoms with Crippen molar-refractivity contribution < 1.29 is 9.90 Å². The van der Waals surface area contributed by atoms with E-state index in [9.17, 15) is 4.79 Å². The van der Waals surface area contributed by atoms with E-state index in [2.05, 4.69) is 22.1 Å². The number of anilines is 1. The zero-order valence-corrected chi connectivity index (χ0v) is 11.4. The standard InChI is InChI=1S/C14H16N2O2S/c17-9-2-1-5-11-6-3-8-13(15-11)16-14(18)12-7-4-10-19-12/h3,6,8,12,17H,2,4,7,9-10H2,(H,15,16,18). The average molecular weight is 276 g/mol. The van der Waals surface area contributed by atoms with Crippen molar-refractivity contribution in [2.45, 2.75) is 24.5 Å².